The molecule has 1 aromatic rings. The van der Waals surface area contributed by atoms with E-state index in [1.54, 1.807) is 24.3 Å². The summed E-state index contributed by atoms with van der Waals surface area (Å²) in [6.45, 7) is 13.3. The van der Waals surface area contributed by atoms with E-state index in [1.165, 1.54) is 0 Å². The van der Waals surface area contributed by atoms with Crippen molar-refractivity contribution in [1.29, 1.82) is 0 Å². The van der Waals surface area contributed by atoms with E-state index < -0.39 is 30.6 Å². The smallest absolute Gasteiger partial charge is 0.298 e. The van der Waals surface area contributed by atoms with Crippen molar-refractivity contribution in [1.82, 2.24) is 0 Å². The van der Waals surface area contributed by atoms with Gasteiger partial charge in [-0.25, -0.2) is 0 Å². The van der Waals surface area contributed by atoms with E-state index in [9.17, 15) is 13.2 Å². The molecule has 138 valence electrons. The van der Waals surface area contributed by atoms with Crippen LogP contribution in [0.3, 0.4) is 0 Å². The Morgan fingerprint density at radius 2 is 1.46 bits per heavy atom. The summed E-state index contributed by atoms with van der Waals surface area (Å²) >= 11 is 0. The van der Waals surface area contributed by atoms with Gasteiger partial charge in [-0.1, -0.05) is 38.5 Å². The first-order valence-corrected chi connectivity index (χ1v) is 11.5. The highest BCUT2D eigenvalue weighted by atomic mass is 32.3. The fraction of sp³-hybridized carbons (Fsp3) is 0.611. The summed E-state index contributed by atoms with van der Waals surface area (Å²) in [6, 6.07) is 6.66. The van der Waals surface area contributed by atoms with Crippen LogP contribution in [-0.2, 0) is 14.9 Å². The molecule has 0 amide bonds. The van der Waals surface area contributed by atoms with Gasteiger partial charge in [-0.05, 0) is 50.1 Å². The molecule has 1 aromatic carbocycles. The molecule has 6 heteroatoms. The highest BCUT2D eigenvalue weighted by Gasteiger charge is 2.46. The molecule has 0 saturated carbocycles. The zero-order valence-electron chi connectivity index (χ0n) is 16.0. The lowest BCUT2D eigenvalue weighted by molar-refractivity contribution is -0.123. The van der Waals surface area contributed by atoms with Gasteiger partial charge in [-0.2, -0.15) is 0 Å². The lowest BCUT2D eigenvalue weighted by atomic mass is 9.92. The third-order valence-corrected chi connectivity index (χ3v) is 10.6. The second-order valence-electron chi connectivity index (χ2n) is 8.33. The first-order chi connectivity index (χ1) is 10.6. The van der Waals surface area contributed by atoms with Gasteiger partial charge in [0.2, 0.25) is 0 Å². The van der Waals surface area contributed by atoms with Crippen LogP contribution >= 0.6 is 10.3 Å². The van der Waals surface area contributed by atoms with Crippen molar-refractivity contribution in [3.8, 4) is 0 Å². The second-order valence-corrected chi connectivity index (χ2v) is 13.9. The van der Waals surface area contributed by atoms with Crippen LogP contribution in [0.4, 0.5) is 0 Å². The first kappa shape index (κ1) is 21.2. The number of hydrogen-bond acceptors (Lipinski definition) is 3. The Morgan fingerprint density at radius 3 is 1.83 bits per heavy atom. The van der Waals surface area contributed by atoms with Gasteiger partial charge in [-0.15, -0.1) is 8.42 Å². The predicted molar refractivity (Wildman–Crippen MR) is 104 cm³/mol. The molecular formula is C18H31O4S2+. The molecule has 0 aliphatic carbocycles. The van der Waals surface area contributed by atoms with Crippen molar-refractivity contribution in [2.24, 2.45) is 5.41 Å². The zero-order chi connectivity index (χ0) is 19.0. The Balaban J connectivity index is 3.23. The zero-order valence-corrected chi connectivity index (χ0v) is 17.6. The number of carbonyl (C=O) groups excluding carboxylic acids is 1. The van der Waals surface area contributed by atoms with Gasteiger partial charge >= 0.3 is 10.1 Å². The standard InChI is InChI=1S/C18H30O4S2/c1-14-9-11-15(12-10-14)24(20,21)22-23(8,18(5,6)7)13-16(19)17(2,3)4/h9-12H,13H2,1-8H3/p+1. The van der Waals surface area contributed by atoms with E-state index in [2.05, 4.69) is 3.63 Å². The Kier molecular flexibility index (Phi) is 6.01. The Morgan fingerprint density at radius 1 is 1.00 bits per heavy atom. The van der Waals surface area contributed by atoms with Crippen molar-refractivity contribution in [3.63, 3.8) is 0 Å². The molecule has 0 spiro atoms. The van der Waals surface area contributed by atoms with Gasteiger partial charge in [0.05, 0.1) is 10.5 Å². The third-order valence-electron chi connectivity index (χ3n) is 4.15. The predicted octanol–water partition coefficient (Wildman–Crippen LogP) is 4.54. The molecular weight excluding hydrogens is 344 g/mol. The number of benzene rings is 1. The number of Topliss-reactive ketones (excluding diaryl/α,β-unsaturated/α-hetero) is 1. The van der Waals surface area contributed by atoms with Crippen LogP contribution < -0.4 is 0 Å². The van der Waals surface area contributed by atoms with Crippen LogP contribution in [0.2, 0.25) is 0 Å². The van der Waals surface area contributed by atoms with Crippen LogP contribution in [0.5, 0.6) is 0 Å². The molecule has 1 N–H and O–H groups in total. The lowest BCUT2D eigenvalue weighted by Gasteiger charge is -2.41. The molecule has 4 nitrogen and oxygen atoms in total. The van der Waals surface area contributed by atoms with E-state index in [0.29, 0.717) is 0 Å². The van der Waals surface area contributed by atoms with Gasteiger partial charge in [0.15, 0.2) is 5.78 Å². The van der Waals surface area contributed by atoms with Crippen molar-refractivity contribution in [2.45, 2.75) is 58.1 Å². The Hall–Kier alpha value is -0.850. The summed E-state index contributed by atoms with van der Waals surface area (Å²) < 4.78 is 29.5. The van der Waals surface area contributed by atoms with Gasteiger partial charge in [-0.3, -0.25) is 8.42 Å². The Bertz CT molecular complexity index is 692. The molecule has 1 atom stereocenters. The van der Waals surface area contributed by atoms with Gasteiger partial charge in [0, 0.05) is 11.7 Å². The van der Waals surface area contributed by atoms with Crippen LogP contribution in [0.25, 0.3) is 0 Å². The lowest BCUT2D eigenvalue weighted by Crippen LogP contribution is -2.38. The van der Waals surface area contributed by atoms with E-state index in [0.717, 1.165) is 5.56 Å². The summed E-state index contributed by atoms with van der Waals surface area (Å²) in [5.41, 5.74) is 0.477. The molecule has 0 saturated heterocycles. The monoisotopic (exact) mass is 375 g/mol. The molecule has 1 rings (SSSR count). The summed E-state index contributed by atoms with van der Waals surface area (Å²) in [5.74, 6) is 0.211. The van der Waals surface area contributed by atoms with Crippen LogP contribution in [0, 0.1) is 12.3 Å². The van der Waals surface area contributed by atoms with E-state index >= 15 is 0 Å². The largest absolute Gasteiger partial charge is 0.421 e. The molecule has 0 aliphatic heterocycles. The van der Waals surface area contributed by atoms with Crippen LogP contribution in [0.15, 0.2) is 29.2 Å². The molecule has 0 heterocycles. The highest BCUT2D eigenvalue weighted by Crippen LogP contribution is 2.57. The maximum atomic E-state index is 12.8. The topological polar surface area (TPSA) is 64.0 Å². The second kappa shape index (κ2) is 6.81. The molecule has 0 aliphatic rings. The molecule has 0 bridgehead atoms. The highest BCUT2D eigenvalue weighted by molar-refractivity contribution is 8.33. The summed E-state index contributed by atoms with van der Waals surface area (Å²) in [5, 5.41) is 0. The first-order valence-electron chi connectivity index (χ1n) is 7.93. The third kappa shape index (κ3) is 5.07. The fourth-order valence-corrected chi connectivity index (χ4v) is 6.83. The summed E-state index contributed by atoms with van der Waals surface area (Å²) in [7, 11) is -5.87. The van der Waals surface area contributed by atoms with Crippen LogP contribution in [0.1, 0.15) is 47.1 Å². The summed E-state index contributed by atoms with van der Waals surface area (Å²) in [6.07, 6.45) is 1.84. The minimum atomic E-state index is -3.80. The molecule has 0 aromatic heterocycles. The molecule has 0 fully saturated rings. The van der Waals surface area contributed by atoms with E-state index in [-0.39, 0.29) is 16.4 Å². The molecule has 1 unspecified atom stereocenters. The van der Waals surface area contributed by atoms with Crippen molar-refractivity contribution < 1.29 is 16.8 Å². The fourth-order valence-electron chi connectivity index (χ4n) is 1.80. The Labute approximate surface area is 148 Å². The van der Waals surface area contributed by atoms with Crippen molar-refractivity contribution in [3.05, 3.63) is 29.8 Å². The average molecular weight is 376 g/mol. The summed E-state index contributed by atoms with van der Waals surface area (Å²) in [4.78, 5) is 12.7. The number of hydrogen-bond donors (Lipinski definition) is 0. The van der Waals surface area contributed by atoms with Crippen molar-refractivity contribution >= 4 is 26.2 Å². The SMILES string of the molecule is Cc1ccc(S(=O)(=O)[OH+]S(C)(CC(=O)C(C)(C)C)C(C)(C)C)cc1. The van der Waals surface area contributed by atoms with Crippen LogP contribution in [-0.4, -0.2) is 34.6 Å². The van der Waals surface area contributed by atoms with E-state index in [4.69, 9.17) is 0 Å². The molecule has 24 heavy (non-hydrogen) atoms. The molecule has 0 radical (unpaired) electrons. The van der Waals surface area contributed by atoms with Gasteiger partial charge in [0.1, 0.15) is 4.90 Å². The number of rotatable bonds is 5. The normalized spacial score (nSPS) is 17.2. The van der Waals surface area contributed by atoms with Gasteiger partial charge < -0.3 is 0 Å². The maximum Gasteiger partial charge on any atom is 0.421 e. The van der Waals surface area contributed by atoms with Crippen molar-refractivity contribution in [2.75, 3.05) is 12.0 Å². The average Bonchev–Trinajstić information content (AvgIpc) is 2.35. The number of ketones is 1. The quantitative estimate of drug-likeness (QED) is 0.560. The maximum absolute atomic E-state index is 12.8. The minimum Gasteiger partial charge on any atom is -0.298 e. The minimum absolute atomic E-state index is 0.0396. The van der Waals surface area contributed by atoms with Gasteiger partial charge in [0.25, 0.3) is 0 Å². The van der Waals surface area contributed by atoms with E-state index in [1.807, 2.05) is 54.7 Å². The number of carbonyl (C=O) groups is 1. The number of aryl methyl sites for hydroxylation is 1.